The van der Waals surface area contributed by atoms with Crippen molar-refractivity contribution in [1.82, 2.24) is 4.98 Å². The molecule has 0 unspecified atom stereocenters. The average molecular weight is 378 g/mol. The van der Waals surface area contributed by atoms with Crippen molar-refractivity contribution in [2.45, 2.75) is 55.2 Å². The summed E-state index contributed by atoms with van der Waals surface area (Å²) in [5, 5.41) is 2.90. The summed E-state index contributed by atoms with van der Waals surface area (Å²) in [5.41, 5.74) is 5.41. The van der Waals surface area contributed by atoms with Gasteiger partial charge in [0, 0.05) is 17.0 Å². The predicted octanol–water partition coefficient (Wildman–Crippen LogP) is 4.93. The van der Waals surface area contributed by atoms with Crippen molar-refractivity contribution in [3.8, 4) is 0 Å². The van der Waals surface area contributed by atoms with E-state index >= 15 is 0 Å². The number of amides is 1. The van der Waals surface area contributed by atoms with E-state index in [1.54, 1.807) is 0 Å². The van der Waals surface area contributed by atoms with Crippen molar-refractivity contribution in [3.05, 3.63) is 22.5 Å². The zero-order valence-corrected chi connectivity index (χ0v) is 15.2. The number of fused-ring (bicyclic) bond motifs is 1. The maximum atomic E-state index is 12.1. The molecule has 4 nitrogen and oxygen atoms in total. The van der Waals surface area contributed by atoms with E-state index in [0.29, 0.717) is 5.92 Å². The summed E-state index contributed by atoms with van der Waals surface area (Å²) in [6, 6.07) is 0. The van der Waals surface area contributed by atoms with Gasteiger partial charge in [-0.2, -0.15) is 0 Å². The number of alkyl halides is 3. The van der Waals surface area contributed by atoms with Crippen molar-refractivity contribution < 1.29 is 9.53 Å². The number of nitrogens with zero attached hydrogens (tertiary/aromatic N) is 1. The Kier molecular flexibility index (Phi) is 4.96. The molecule has 0 aromatic carbocycles. The van der Waals surface area contributed by atoms with Gasteiger partial charge in [0.25, 0.3) is 0 Å². The van der Waals surface area contributed by atoms with Crippen LogP contribution in [0.4, 0.5) is 10.5 Å². The molecule has 0 atom stereocenters. The number of ether oxygens (including phenoxy) is 1. The van der Waals surface area contributed by atoms with Crippen LogP contribution in [0.5, 0.6) is 0 Å². The summed E-state index contributed by atoms with van der Waals surface area (Å²) < 4.78 is 3.43. The van der Waals surface area contributed by atoms with E-state index in [-0.39, 0.29) is 6.61 Å². The van der Waals surface area contributed by atoms with Crippen LogP contribution in [0.2, 0.25) is 0 Å². The standard InChI is InChI=1S/C16H19Cl3N2O2/c1-2-11-13(9-6-7-9)14(10-4-3-5-12(10)20-11)21-15(22)23-8-16(17,18)19/h9H,2-8H2,1H3,(H,20,21,22). The summed E-state index contributed by atoms with van der Waals surface area (Å²) in [6.07, 6.45) is 5.53. The van der Waals surface area contributed by atoms with Crippen molar-refractivity contribution >= 4 is 46.6 Å². The second kappa shape index (κ2) is 6.66. The number of anilines is 1. The van der Waals surface area contributed by atoms with Crippen molar-refractivity contribution in [2.24, 2.45) is 0 Å². The monoisotopic (exact) mass is 376 g/mol. The van der Waals surface area contributed by atoms with Crippen LogP contribution in [-0.2, 0) is 24.0 Å². The molecule has 2 aliphatic carbocycles. The molecule has 1 heterocycles. The summed E-state index contributed by atoms with van der Waals surface area (Å²) in [6.45, 7) is 1.82. The molecule has 1 aromatic heterocycles. The molecule has 1 N–H and O–H groups in total. The number of hydrogen-bond donors (Lipinski definition) is 1. The summed E-state index contributed by atoms with van der Waals surface area (Å²) in [7, 11) is 0. The lowest BCUT2D eigenvalue weighted by atomic mass is 9.99. The molecule has 0 aliphatic heterocycles. The third-order valence-corrected chi connectivity index (χ3v) is 4.58. The highest BCUT2D eigenvalue weighted by atomic mass is 35.6. The highest BCUT2D eigenvalue weighted by Crippen LogP contribution is 2.47. The highest BCUT2D eigenvalue weighted by Gasteiger charge is 2.33. The molecule has 126 valence electrons. The Morgan fingerprint density at radius 3 is 2.70 bits per heavy atom. The molecular weight excluding hydrogens is 359 g/mol. The molecule has 0 radical (unpaired) electrons. The molecule has 3 rings (SSSR count). The number of carbonyl (C=O) groups excluding carboxylic acids is 1. The van der Waals surface area contributed by atoms with Gasteiger partial charge in [-0.05, 0) is 50.0 Å². The molecule has 1 aromatic rings. The minimum Gasteiger partial charge on any atom is -0.445 e. The van der Waals surface area contributed by atoms with E-state index in [1.165, 1.54) is 5.56 Å². The number of aryl methyl sites for hydroxylation is 2. The van der Waals surface area contributed by atoms with E-state index in [4.69, 9.17) is 44.5 Å². The Morgan fingerprint density at radius 1 is 1.35 bits per heavy atom. The zero-order valence-electron chi connectivity index (χ0n) is 12.9. The smallest absolute Gasteiger partial charge is 0.411 e. The third-order valence-electron chi connectivity index (χ3n) is 4.26. The van der Waals surface area contributed by atoms with Gasteiger partial charge in [0.15, 0.2) is 0 Å². The fraction of sp³-hybridized carbons (Fsp3) is 0.625. The molecule has 0 spiro atoms. The van der Waals surface area contributed by atoms with Crippen molar-refractivity contribution in [2.75, 3.05) is 11.9 Å². The number of nitrogens with one attached hydrogen (secondary N) is 1. The lowest BCUT2D eigenvalue weighted by Gasteiger charge is -2.19. The van der Waals surface area contributed by atoms with E-state index in [1.807, 2.05) is 0 Å². The number of rotatable bonds is 4. The van der Waals surface area contributed by atoms with Crippen LogP contribution in [0, 0.1) is 0 Å². The minimum absolute atomic E-state index is 0.282. The van der Waals surface area contributed by atoms with Gasteiger partial charge in [-0.1, -0.05) is 41.7 Å². The number of hydrogen-bond acceptors (Lipinski definition) is 3. The van der Waals surface area contributed by atoms with Gasteiger partial charge in [-0.25, -0.2) is 4.79 Å². The maximum Gasteiger partial charge on any atom is 0.411 e. The number of aromatic nitrogens is 1. The molecular formula is C16H19Cl3N2O2. The maximum absolute atomic E-state index is 12.1. The van der Waals surface area contributed by atoms with E-state index in [2.05, 4.69) is 12.2 Å². The molecule has 7 heteroatoms. The van der Waals surface area contributed by atoms with Gasteiger partial charge in [0.2, 0.25) is 3.79 Å². The van der Waals surface area contributed by atoms with Gasteiger partial charge in [-0.15, -0.1) is 0 Å². The lowest BCUT2D eigenvalue weighted by molar-refractivity contribution is 0.164. The minimum atomic E-state index is -1.61. The second-order valence-corrected chi connectivity index (χ2v) is 8.59. The first-order valence-corrected chi connectivity index (χ1v) is 9.07. The summed E-state index contributed by atoms with van der Waals surface area (Å²) in [5.74, 6) is 0.492. The van der Waals surface area contributed by atoms with Crippen LogP contribution in [-0.4, -0.2) is 21.5 Å². The fourth-order valence-electron chi connectivity index (χ4n) is 3.16. The van der Waals surface area contributed by atoms with Gasteiger partial charge in [0.1, 0.15) is 6.61 Å². The van der Waals surface area contributed by atoms with Gasteiger partial charge < -0.3 is 4.74 Å². The quantitative estimate of drug-likeness (QED) is 0.757. The van der Waals surface area contributed by atoms with E-state index in [0.717, 1.165) is 61.2 Å². The Balaban J connectivity index is 1.88. The topological polar surface area (TPSA) is 51.2 Å². The van der Waals surface area contributed by atoms with Crippen LogP contribution in [0.3, 0.4) is 0 Å². The van der Waals surface area contributed by atoms with Crippen LogP contribution >= 0.6 is 34.8 Å². The number of halogens is 3. The van der Waals surface area contributed by atoms with Crippen molar-refractivity contribution in [3.63, 3.8) is 0 Å². The Labute approximate surface area is 150 Å². The molecule has 1 saturated carbocycles. The van der Waals surface area contributed by atoms with Crippen molar-refractivity contribution in [1.29, 1.82) is 0 Å². The SMILES string of the molecule is CCc1nc2c(c(NC(=O)OCC(Cl)(Cl)Cl)c1C1CC1)CCC2. The number of carbonyl (C=O) groups is 1. The molecule has 1 amide bonds. The Hall–Kier alpha value is -0.710. The largest absolute Gasteiger partial charge is 0.445 e. The third kappa shape index (κ3) is 4.04. The Bertz CT molecular complexity index is 625. The second-order valence-electron chi connectivity index (χ2n) is 6.07. The van der Waals surface area contributed by atoms with Gasteiger partial charge >= 0.3 is 6.09 Å². The van der Waals surface area contributed by atoms with Crippen LogP contribution in [0.15, 0.2) is 0 Å². The first-order valence-electron chi connectivity index (χ1n) is 7.94. The Morgan fingerprint density at radius 2 is 2.09 bits per heavy atom. The molecule has 23 heavy (non-hydrogen) atoms. The van der Waals surface area contributed by atoms with Crippen LogP contribution < -0.4 is 5.32 Å². The van der Waals surface area contributed by atoms with Gasteiger partial charge in [-0.3, -0.25) is 10.3 Å². The predicted molar refractivity (Wildman–Crippen MR) is 92.9 cm³/mol. The summed E-state index contributed by atoms with van der Waals surface area (Å²) in [4.78, 5) is 17.0. The average Bonchev–Trinajstić information content (AvgIpc) is 3.21. The normalized spacial score (nSPS) is 17.0. The zero-order chi connectivity index (χ0) is 16.6. The fourth-order valence-corrected chi connectivity index (χ4v) is 3.32. The molecule has 0 bridgehead atoms. The van der Waals surface area contributed by atoms with Crippen LogP contribution in [0.1, 0.15) is 54.6 Å². The van der Waals surface area contributed by atoms with E-state index < -0.39 is 9.89 Å². The number of pyridine rings is 1. The first-order chi connectivity index (χ1) is 10.9. The van der Waals surface area contributed by atoms with Gasteiger partial charge in [0.05, 0.1) is 5.69 Å². The molecule has 1 fully saturated rings. The lowest BCUT2D eigenvalue weighted by Crippen LogP contribution is -2.23. The molecule has 0 saturated heterocycles. The first kappa shape index (κ1) is 17.1. The highest BCUT2D eigenvalue weighted by molar-refractivity contribution is 6.67. The molecule has 2 aliphatic rings. The summed E-state index contributed by atoms with van der Waals surface area (Å²) >= 11 is 16.9. The van der Waals surface area contributed by atoms with Crippen LogP contribution in [0.25, 0.3) is 0 Å². The van der Waals surface area contributed by atoms with E-state index in [9.17, 15) is 4.79 Å².